The van der Waals surface area contributed by atoms with Gasteiger partial charge in [0.15, 0.2) is 0 Å². The summed E-state index contributed by atoms with van der Waals surface area (Å²) in [5.41, 5.74) is 1.82. The summed E-state index contributed by atoms with van der Waals surface area (Å²) < 4.78 is 0. The van der Waals surface area contributed by atoms with Crippen LogP contribution in [0.2, 0.25) is 0 Å². The zero-order chi connectivity index (χ0) is 16.2. The van der Waals surface area contributed by atoms with E-state index in [-0.39, 0.29) is 11.9 Å². The molecule has 1 N–H and O–H groups in total. The maximum absolute atomic E-state index is 12.6. The lowest BCUT2D eigenvalue weighted by Crippen LogP contribution is -2.43. The summed E-state index contributed by atoms with van der Waals surface area (Å²) in [5.74, 6) is 0.749. The van der Waals surface area contributed by atoms with Crippen molar-refractivity contribution in [3.8, 4) is 0 Å². The molecule has 3 amide bonds. The van der Waals surface area contributed by atoms with Crippen LogP contribution in [0.15, 0.2) is 24.3 Å². The van der Waals surface area contributed by atoms with Gasteiger partial charge < -0.3 is 15.1 Å². The summed E-state index contributed by atoms with van der Waals surface area (Å²) in [4.78, 5) is 28.5. The second-order valence-corrected chi connectivity index (χ2v) is 6.63. The lowest BCUT2D eigenvalue weighted by molar-refractivity contribution is 0.0762. The first-order valence-electron chi connectivity index (χ1n) is 8.52. The summed E-state index contributed by atoms with van der Waals surface area (Å²) in [5, 5.41) is 3.01. The first kappa shape index (κ1) is 15.8. The van der Waals surface area contributed by atoms with Crippen molar-refractivity contribution < 1.29 is 9.59 Å². The van der Waals surface area contributed by atoms with E-state index in [4.69, 9.17) is 0 Å². The van der Waals surface area contributed by atoms with Gasteiger partial charge in [-0.25, -0.2) is 4.79 Å². The Labute approximate surface area is 137 Å². The Bertz CT molecular complexity index is 583. The third-order valence-corrected chi connectivity index (χ3v) is 4.57. The zero-order valence-electron chi connectivity index (χ0n) is 13.8. The van der Waals surface area contributed by atoms with E-state index in [1.807, 2.05) is 41.0 Å². The third-order valence-electron chi connectivity index (χ3n) is 4.57. The highest BCUT2D eigenvalue weighted by molar-refractivity contribution is 5.94. The smallest absolute Gasteiger partial charge is 0.317 e. The molecule has 0 aromatic heterocycles. The minimum absolute atomic E-state index is 0.0155. The molecule has 1 aromatic rings. The van der Waals surface area contributed by atoms with Crippen molar-refractivity contribution in [3.63, 3.8) is 0 Å². The predicted octanol–water partition coefficient (Wildman–Crippen LogP) is 2.26. The van der Waals surface area contributed by atoms with Crippen molar-refractivity contribution in [2.45, 2.75) is 26.2 Å². The monoisotopic (exact) mass is 315 g/mol. The van der Waals surface area contributed by atoms with Crippen molar-refractivity contribution in [1.82, 2.24) is 15.1 Å². The van der Waals surface area contributed by atoms with Gasteiger partial charge in [0.2, 0.25) is 0 Å². The number of hydrogen-bond acceptors (Lipinski definition) is 2. The Hall–Kier alpha value is -2.04. The minimum atomic E-state index is 0.0155. The number of amides is 3. The molecule has 23 heavy (non-hydrogen) atoms. The van der Waals surface area contributed by atoms with Crippen LogP contribution in [-0.4, -0.2) is 54.5 Å². The van der Waals surface area contributed by atoms with Crippen LogP contribution in [0.5, 0.6) is 0 Å². The molecule has 124 valence electrons. The molecule has 1 aliphatic carbocycles. The molecule has 1 aromatic carbocycles. The molecule has 2 fully saturated rings. The zero-order valence-corrected chi connectivity index (χ0v) is 13.8. The van der Waals surface area contributed by atoms with Crippen LogP contribution in [-0.2, 0) is 0 Å². The van der Waals surface area contributed by atoms with Gasteiger partial charge in [0.05, 0.1) is 0 Å². The number of urea groups is 1. The second-order valence-electron chi connectivity index (χ2n) is 6.63. The Morgan fingerprint density at radius 1 is 1.13 bits per heavy atom. The number of carbonyl (C=O) groups excluding carboxylic acids is 2. The number of nitrogens with zero attached hydrogens (tertiary/aromatic N) is 2. The van der Waals surface area contributed by atoms with Crippen molar-refractivity contribution >= 4 is 11.9 Å². The van der Waals surface area contributed by atoms with Crippen molar-refractivity contribution in [2.75, 3.05) is 32.7 Å². The average Bonchev–Trinajstić information content (AvgIpc) is 3.38. The van der Waals surface area contributed by atoms with Crippen molar-refractivity contribution in [2.24, 2.45) is 5.92 Å². The van der Waals surface area contributed by atoms with Gasteiger partial charge in [0.1, 0.15) is 0 Å². The fourth-order valence-corrected chi connectivity index (χ4v) is 2.95. The molecule has 0 unspecified atom stereocenters. The van der Waals surface area contributed by atoms with E-state index in [0.717, 1.165) is 24.1 Å². The Balaban J connectivity index is 1.55. The van der Waals surface area contributed by atoms with Gasteiger partial charge in [0.25, 0.3) is 5.91 Å². The van der Waals surface area contributed by atoms with Crippen LogP contribution in [0.25, 0.3) is 0 Å². The molecule has 2 aliphatic rings. The highest BCUT2D eigenvalue weighted by atomic mass is 16.2. The van der Waals surface area contributed by atoms with Crippen molar-refractivity contribution in [1.29, 1.82) is 0 Å². The van der Waals surface area contributed by atoms with Gasteiger partial charge in [-0.1, -0.05) is 17.7 Å². The van der Waals surface area contributed by atoms with Gasteiger partial charge >= 0.3 is 6.03 Å². The first-order chi connectivity index (χ1) is 11.1. The Morgan fingerprint density at radius 3 is 2.61 bits per heavy atom. The average molecular weight is 315 g/mol. The van der Waals surface area contributed by atoms with Gasteiger partial charge in [0, 0.05) is 38.3 Å². The number of aryl methyl sites for hydroxylation is 1. The highest BCUT2D eigenvalue weighted by Gasteiger charge is 2.25. The first-order valence-corrected chi connectivity index (χ1v) is 8.52. The standard InChI is InChI=1S/C18H25N3O2/c1-14-4-2-5-16(12-14)17(22)20-8-3-9-21(11-10-20)18(23)19-13-15-6-7-15/h2,4-5,12,15H,3,6-11,13H2,1H3,(H,19,23). The van der Waals surface area contributed by atoms with E-state index >= 15 is 0 Å². The van der Waals surface area contributed by atoms with E-state index in [2.05, 4.69) is 5.32 Å². The van der Waals surface area contributed by atoms with Crippen molar-refractivity contribution in [3.05, 3.63) is 35.4 Å². The summed E-state index contributed by atoms with van der Waals surface area (Å²) in [7, 11) is 0. The quantitative estimate of drug-likeness (QED) is 0.930. The van der Waals surface area contributed by atoms with Gasteiger partial charge in [-0.2, -0.15) is 0 Å². The maximum Gasteiger partial charge on any atom is 0.317 e. The summed E-state index contributed by atoms with van der Waals surface area (Å²) in [6, 6.07) is 7.71. The highest BCUT2D eigenvalue weighted by Crippen LogP contribution is 2.27. The topological polar surface area (TPSA) is 52.7 Å². The van der Waals surface area contributed by atoms with Gasteiger partial charge in [-0.05, 0) is 44.2 Å². The molecular weight excluding hydrogens is 290 g/mol. The van der Waals surface area contributed by atoms with Gasteiger partial charge in [-0.3, -0.25) is 4.79 Å². The predicted molar refractivity (Wildman–Crippen MR) is 89.4 cm³/mol. The van der Waals surface area contributed by atoms with E-state index in [1.165, 1.54) is 12.8 Å². The van der Waals surface area contributed by atoms with Crippen LogP contribution in [0.3, 0.4) is 0 Å². The molecule has 3 rings (SSSR count). The molecule has 0 atom stereocenters. The lowest BCUT2D eigenvalue weighted by Gasteiger charge is -2.22. The lowest BCUT2D eigenvalue weighted by atomic mass is 10.1. The molecule has 0 spiro atoms. The number of nitrogens with one attached hydrogen (secondary N) is 1. The molecule has 0 bridgehead atoms. The number of rotatable bonds is 3. The molecule has 1 aliphatic heterocycles. The van der Waals surface area contributed by atoms with E-state index in [0.29, 0.717) is 32.1 Å². The van der Waals surface area contributed by atoms with Crippen LogP contribution >= 0.6 is 0 Å². The van der Waals surface area contributed by atoms with E-state index in [1.54, 1.807) is 0 Å². The third kappa shape index (κ3) is 4.24. The normalized spacial score (nSPS) is 18.5. The molecule has 0 radical (unpaired) electrons. The van der Waals surface area contributed by atoms with E-state index < -0.39 is 0 Å². The fraction of sp³-hybridized carbons (Fsp3) is 0.556. The molecule has 1 saturated carbocycles. The maximum atomic E-state index is 12.6. The SMILES string of the molecule is Cc1cccc(C(=O)N2CCCN(C(=O)NCC3CC3)CC2)c1. The second kappa shape index (κ2) is 7.02. The molecule has 5 nitrogen and oxygen atoms in total. The number of hydrogen-bond donors (Lipinski definition) is 1. The minimum Gasteiger partial charge on any atom is -0.338 e. The van der Waals surface area contributed by atoms with Crippen LogP contribution in [0.1, 0.15) is 35.2 Å². The molecular formula is C18H25N3O2. The summed E-state index contributed by atoms with van der Waals surface area (Å²) >= 11 is 0. The molecule has 1 saturated heterocycles. The van der Waals surface area contributed by atoms with Crippen LogP contribution < -0.4 is 5.32 Å². The Morgan fingerprint density at radius 2 is 1.87 bits per heavy atom. The van der Waals surface area contributed by atoms with Crippen LogP contribution in [0, 0.1) is 12.8 Å². The number of carbonyl (C=O) groups is 2. The summed E-state index contributed by atoms with van der Waals surface area (Å²) in [6.45, 7) is 5.41. The summed E-state index contributed by atoms with van der Waals surface area (Å²) in [6.07, 6.45) is 3.30. The Kier molecular flexibility index (Phi) is 4.84. The molecule has 5 heteroatoms. The van der Waals surface area contributed by atoms with Crippen LogP contribution in [0.4, 0.5) is 4.79 Å². The number of benzene rings is 1. The fourth-order valence-electron chi connectivity index (χ4n) is 2.95. The molecule has 1 heterocycles. The largest absolute Gasteiger partial charge is 0.338 e. The van der Waals surface area contributed by atoms with Gasteiger partial charge in [-0.15, -0.1) is 0 Å². The van der Waals surface area contributed by atoms with E-state index in [9.17, 15) is 9.59 Å².